The van der Waals surface area contributed by atoms with E-state index in [1.807, 2.05) is 6.92 Å². The molecule has 3 nitrogen and oxygen atoms in total. The summed E-state index contributed by atoms with van der Waals surface area (Å²) in [6.45, 7) is 10.4. The maximum absolute atomic E-state index is 11.9. The van der Waals surface area contributed by atoms with Crippen LogP contribution in [0.15, 0.2) is 9.27 Å². The zero-order valence-electron chi connectivity index (χ0n) is 10.0. The van der Waals surface area contributed by atoms with Crippen molar-refractivity contribution in [1.29, 1.82) is 0 Å². The van der Waals surface area contributed by atoms with Crippen molar-refractivity contribution in [2.75, 3.05) is 0 Å². The molecular weight excluding hydrogens is 256 g/mol. The molecule has 4 heteroatoms. The summed E-state index contributed by atoms with van der Waals surface area (Å²) in [5.74, 6) is 0. The van der Waals surface area contributed by atoms with E-state index in [0.29, 0.717) is 4.47 Å². The summed E-state index contributed by atoms with van der Waals surface area (Å²) in [4.78, 5) is 11.9. The van der Waals surface area contributed by atoms with Gasteiger partial charge in [0.05, 0.1) is 11.7 Å². The van der Waals surface area contributed by atoms with Gasteiger partial charge in [0, 0.05) is 5.41 Å². The van der Waals surface area contributed by atoms with E-state index in [1.165, 1.54) is 0 Å². The number of aromatic nitrogens is 2. The van der Waals surface area contributed by atoms with Crippen molar-refractivity contribution in [1.82, 2.24) is 9.78 Å². The summed E-state index contributed by atoms with van der Waals surface area (Å²) in [6.07, 6.45) is 0.941. The third kappa shape index (κ3) is 2.36. The van der Waals surface area contributed by atoms with E-state index >= 15 is 0 Å². The molecular formula is C11H19BrN2O. The third-order valence-electron chi connectivity index (χ3n) is 2.64. The Kier molecular flexibility index (Phi) is 3.48. The second kappa shape index (κ2) is 4.16. The van der Waals surface area contributed by atoms with Gasteiger partial charge in [-0.2, -0.15) is 0 Å². The van der Waals surface area contributed by atoms with Crippen LogP contribution in [-0.2, 0) is 5.41 Å². The van der Waals surface area contributed by atoms with Gasteiger partial charge in [-0.3, -0.25) is 9.89 Å². The Balaban J connectivity index is 3.31. The van der Waals surface area contributed by atoms with Crippen LogP contribution in [0.2, 0.25) is 0 Å². The summed E-state index contributed by atoms with van der Waals surface area (Å²) in [5.41, 5.74) is 0.957. The molecule has 0 bridgehead atoms. The standard InChI is InChI=1S/C11H19BrN2O/c1-6-7(2)14-10(15)8(12)9(13-14)11(3,4)5/h7,13H,6H2,1-5H3. The van der Waals surface area contributed by atoms with Crippen molar-refractivity contribution in [3.63, 3.8) is 0 Å². The van der Waals surface area contributed by atoms with E-state index in [4.69, 9.17) is 0 Å². The molecule has 1 unspecified atom stereocenters. The molecule has 1 heterocycles. The second-order valence-electron chi connectivity index (χ2n) is 4.98. The molecule has 0 amide bonds. The Morgan fingerprint density at radius 2 is 2.00 bits per heavy atom. The first-order chi connectivity index (χ1) is 6.79. The van der Waals surface area contributed by atoms with E-state index in [1.54, 1.807) is 4.68 Å². The van der Waals surface area contributed by atoms with Gasteiger partial charge in [0.25, 0.3) is 5.56 Å². The monoisotopic (exact) mass is 274 g/mol. The van der Waals surface area contributed by atoms with Crippen molar-refractivity contribution in [2.45, 2.75) is 52.5 Å². The van der Waals surface area contributed by atoms with Crippen LogP contribution in [0.3, 0.4) is 0 Å². The highest BCUT2D eigenvalue weighted by Crippen LogP contribution is 2.26. The number of hydrogen-bond donors (Lipinski definition) is 1. The molecule has 0 radical (unpaired) electrons. The topological polar surface area (TPSA) is 37.8 Å². The summed E-state index contributed by atoms with van der Waals surface area (Å²) < 4.78 is 2.36. The summed E-state index contributed by atoms with van der Waals surface area (Å²) in [7, 11) is 0. The quantitative estimate of drug-likeness (QED) is 0.884. The number of nitrogens with one attached hydrogen (secondary N) is 1. The Morgan fingerprint density at radius 1 is 1.47 bits per heavy atom. The van der Waals surface area contributed by atoms with Gasteiger partial charge >= 0.3 is 0 Å². The Labute approximate surface area is 99.0 Å². The van der Waals surface area contributed by atoms with Crippen LogP contribution in [0.5, 0.6) is 0 Å². The van der Waals surface area contributed by atoms with Gasteiger partial charge in [-0.1, -0.05) is 27.7 Å². The summed E-state index contributed by atoms with van der Waals surface area (Å²) >= 11 is 3.37. The van der Waals surface area contributed by atoms with Crippen molar-refractivity contribution in [3.8, 4) is 0 Å². The van der Waals surface area contributed by atoms with Gasteiger partial charge in [-0.15, -0.1) is 0 Å². The average molecular weight is 275 g/mol. The lowest BCUT2D eigenvalue weighted by molar-refractivity contribution is 0.448. The smallest absolute Gasteiger partial charge is 0.281 e. The van der Waals surface area contributed by atoms with E-state index in [0.717, 1.165) is 12.1 Å². The van der Waals surface area contributed by atoms with Crippen molar-refractivity contribution < 1.29 is 0 Å². The number of aromatic amines is 1. The zero-order chi connectivity index (χ0) is 11.8. The molecule has 1 N–H and O–H groups in total. The minimum absolute atomic E-state index is 0.0364. The molecule has 0 aliphatic rings. The van der Waals surface area contributed by atoms with Crippen molar-refractivity contribution in [2.24, 2.45) is 0 Å². The molecule has 0 aromatic carbocycles. The Hall–Kier alpha value is -0.510. The minimum Gasteiger partial charge on any atom is -0.298 e. The van der Waals surface area contributed by atoms with Crippen LogP contribution >= 0.6 is 15.9 Å². The number of H-pyrrole nitrogens is 1. The van der Waals surface area contributed by atoms with Gasteiger partial charge in [0.2, 0.25) is 0 Å². The highest BCUT2D eigenvalue weighted by atomic mass is 79.9. The fourth-order valence-corrected chi connectivity index (χ4v) is 2.30. The molecule has 15 heavy (non-hydrogen) atoms. The number of hydrogen-bond acceptors (Lipinski definition) is 1. The molecule has 0 spiro atoms. The molecule has 0 fully saturated rings. The van der Waals surface area contributed by atoms with Crippen LogP contribution in [0, 0.1) is 0 Å². The van der Waals surface area contributed by atoms with Crippen LogP contribution in [0.25, 0.3) is 0 Å². The first kappa shape index (κ1) is 12.6. The SMILES string of the molecule is CCC(C)n1[nH]c(C(C)(C)C)c(Br)c1=O. The number of nitrogens with zero attached hydrogens (tertiary/aromatic N) is 1. The normalized spacial score (nSPS) is 14.3. The van der Waals surface area contributed by atoms with Crippen LogP contribution < -0.4 is 5.56 Å². The van der Waals surface area contributed by atoms with Crippen molar-refractivity contribution >= 4 is 15.9 Å². The highest BCUT2D eigenvalue weighted by molar-refractivity contribution is 9.10. The third-order valence-corrected chi connectivity index (χ3v) is 3.38. The maximum atomic E-state index is 11.9. The lowest BCUT2D eigenvalue weighted by Gasteiger charge is -2.17. The Morgan fingerprint density at radius 3 is 2.33 bits per heavy atom. The van der Waals surface area contributed by atoms with Crippen LogP contribution in [0.1, 0.15) is 52.8 Å². The summed E-state index contributed by atoms with van der Waals surface area (Å²) in [5, 5.41) is 3.20. The van der Waals surface area contributed by atoms with Crippen molar-refractivity contribution in [3.05, 3.63) is 20.5 Å². The summed E-state index contributed by atoms with van der Waals surface area (Å²) in [6, 6.07) is 0.213. The molecule has 1 aromatic rings. The molecule has 0 saturated heterocycles. The fraction of sp³-hybridized carbons (Fsp3) is 0.727. The minimum atomic E-state index is -0.0449. The van der Waals surface area contributed by atoms with Gasteiger partial charge in [0.15, 0.2) is 0 Å². The largest absolute Gasteiger partial charge is 0.298 e. The van der Waals surface area contributed by atoms with Crippen LogP contribution in [0.4, 0.5) is 0 Å². The van der Waals surface area contributed by atoms with E-state index in [2.05, 4.69) is 48.7 Å². The molecule has 0 aliphatic heterocycles. The maximum Gasteiger partial charge on any atom is 0.281 e. The predicted octanol–water partition coefficient (Wildman–Crippen LogP) is 3.21. The molecule has 1 atom stereocenters. The van der Waals surface area contributed by atoms with Gasteiger partial charge in [0.1, 0.15) is 4.47 Å². The lowest BCUT2D eigenvalue weighted by atomic mass is 9.93. The van der Waals surface area contributed by atoms with E-state index in [9.17, 15) is 4.79 Å². The highest BCUT2D eigenvalue weighted by Gasteiger charge is 2.24. The van der Waals surface area contributed by atoms with E-state index < -0.39 is 0 Å². The Bertz CT molecular complexity index is 398. The molecule has 1 rings (SSSR count). The van der Waals surface area contributed by atoms with E-state index in [-0.39, 0.29) is 17.0 Å². The lowest BCUT2D eigenvalue weighted by Crippen LogP contribution is -2.20. The van der Waals surface area contributed by atoms with Crippen LogP contribution in [-0.4, -0.2) is 9.78 Å². The fourth-order valence-electron chi connectivity index (χ4n) is 1.42. The number of halogens is 1. The van der Waals surface area contributed by atoms with Gasteiger partial charge < -0.3 is 0 Å². The molecule has 0 aliphatic carbocycles. The molecule has 86 valence electrons. The predicted molar refractivity (Wildman–Crippen MR) is 66.5 cm³/mol. The average Bonchev–Trinajstić information content (AvgIpc) is 2.42. The van der Waals surface area contributed by atoms with Gasteiger partial charge in [-0.25, -0.2) is 4.68 Å². The molecule has 1 aromatic heterocycles. The number of rotatable bonds is 2. The second-order valence-corrected chi connectivity index (χ2v) is 5.78. The zero-order valence-corrected chi connectivity index (χ0v) is 11.6. The first-order valence-corrected chi connectivity index (χ1v) is 6.08. The van der Waals surface area contributed by atoms with Gasteiger partial charge in [-0.05, 0) is 29.3 Å². The molecule has 0 saturated carbocycles. The first-order valence-electron chi connectivity index (χ1n) is 5.29.